The lowest BCUT2D eigenvalue weighted by Gasteiger charge is -2.17. The van der Waals surface area contributed by atoms with Crippen LogP contribution in [0.4, 0.5) is 0 Å². The molecule has 0 aromatic carbocycles. The van der Waals surface area contributed by atoms with E-state index in [1.807, 2.05) is 0 Å². The highest BCUT2D eigenvalue weighted by molar-refractivity contribution is 6.34. The maximum Gasteiger partial charge on any atom is 0.130 e. The van der Waals surface area contributed by atoms with E-state index in [4.69, 9.17) is 23.2 Å². The Morgan fingerprint density at radius 2 is 1.94 bits per heavy atom. The van der Waals surface area contributed by atoms with Gasteiger partial charge in [-0.05, 0) is 30.7 Å². The van der Waals surface area contributed by atoms with Gasteiger partial charge in [-0.15, -0.1) is 0 Å². The van der Waals surface area contributed by atoms with Crippen LogP contribution in [0.5, 0.6) is 0 Å². The van der Waals surface area contributed by atoms with Gasteiger partial charge in [-0.1, -0.05) is 29.6 Å². The quantitative estimate of drug-likeness (QED) is 0.764. The van der Waals surface area contributed by atoms with Crippen LogP contribution < -0.4 is 0 Å². The fraction of sp³-hybridized carbons (Fsp3) is 0.615. The second-order valence-electron chi connectivity index (χ2n) is 5.24. The molecule has 0 radical (unpaired) electrons. The first-order chi connectivity index (χ1) is 8.22. The van der Waals surface area contributed by atoms with Crippen molar-refractivity contribution in [2.24, 2.45) is 11.8 Å². The van der Waals surface area contributed by atoms with Gasteiger partial charge in [0.15, 0.2) is 0 Å². The summed E-state index contributed by atoms with van der Waals surface area (Å²) in [4.78, 5) is 6.61. The molecule has 1 saturated carbocycles. The average Bonchev–Trinajstić information content (AvgIpc) is 2.82. The Labute approximate surface area is 112 Å². The summed E-state index contributed by atoms with van der Waals surface area (Å²) in [7, 11) is 0. The van der Waals surface area contributed by atoms with Gasteiger partial charge in [0.25, 0.3) is 0 Å². The molecule has 1 saturated heterocycles. The minimum absolute atomic E-state index is 0.469. The third kappa shape index (κ3) is 2.44. The van der Waals surface area contributed by atoms with Crippen LogP contribution in [0.25, 0.3) is 0 Å². The van der Waals surface area contributed by atoms with Gasteiger partial charge in [0, 0.05) is 36.4 Å². The van der Waals surface area contributed by atoms with Crippen molar-refractivity contribution < 1.29 is 0 Å². The van der Waals surface area contributed by atoms with Crippen LogP contribution in [0.1, 0.15) is 24.8 Å². The van der Waals surface area contributed by atoms with Crippen molar-refractivity contribution in [3.05, 3.63) is 28.0 Å². The molecule has 92 valence electrons. The fourth-order valence-corrected chi connectivity index (χ4v) is 3.68. The van der Waals surface area contributed by atoms with Crippen molar-refractivity contribution in [3.8, 4) is 0 Å². The lowest BCUT2D eigenvalue weighted by atomic mass is 10.0. The van der Waals surface area contributed by atoms with Crippen LogP contribution >= 0.6 is 23.2 Å². The van der Waals surface area contributed by atoms with E-state index in [1.54, 1.807) is 12.3 Å². The molecule has 2 fully saturated rings. The number of likely N-dealkylation sites (tertiary alicyclic amines) is 1. The van der Waals surface area contributed by atoms with Crippen LogP contribution in [0.15, 0.2) is 12.3 Å². The van der Waals surface area contributed by atoms with E-state index in [-0.39, 0.29) is 0 Å². The normalized spacial score (nSPS) is 28.6. The van der Waals surface area contributed by atoms with E-state index in [9.17, 15) is 0 Å². The molecule has 1 aliphatic heterocycles. The minimum atomic E-state index is 0.469. The second-order valence-corrected chi connectivity index (χ2v) is 6.04. The first-order valence-corrected chi connectivity index (χ1v) is 7.00. The lowest BCUT2D eigenvalue weighted by Crippen LogP contribution is -2.21. The van der Waals surface area contributed by atoms with E-state index >= 15 is 0 Å². The number of pyridine rings is 1. The Balaban J connectivity index is 1.67. The van der Waals surface area contributed by atoms with Crippen molar-refractivity contribution in [2.45, 2.75) is 25.8 Å². The van der Waals surface area contributed by atoms with E-state index in [0.29, 0.717) is 5.15 Å². The third-order valence-electron chi connectivity index (χ3n) is 4.09. The molecule has 1 aromatic heterocycles. The van der Waals surface area contributed by atoms with Crippen molar-refractivity contribution in [1.29, 1.82) is 0 Å². The summed E-state index contributed by atoms with van der Waals surface area (Å²) in [5, 5.41) is 1.21. The summed E-state index contributed by atoms with van der Waals surface area (Å²) in [6, 6.07) is 1.73. The summed E-state index contributed by atoms with van der Waals surface area (Å²) < 4.78 is 0. The van der Waals surface area contributed by atoms with E-state index in [1.165, 1.54) is 32.4 Å². The van der Waals surface area contributed by atoms with Gasteiger partial charge in [-0.2, -0.15) is 0 Å². The molecule has 4 heteroatoms. The Morgan fingerprint density at radius 1 is 1.24 bits per heavy atom. The maximum absolute atomic E-state index is 6.18. The number of fused-ring (bicyclic) bond motifs is 1. The van der Waals surface area contributed by atoms with Gasteiger partial charge in [0.2, 0.25) is 0 Å². The average molecular weight is 271 g/mol. The monoisotopic (exact) mass is 270 g/mol. The lowest BCUT2D eigenvalue weighted by molar-refractivity contribution is 0.303. The highest BCUT2D eigenvalue weighted by Gasteiger charge is 2.35. The van der Waals surface area contributed by atoms with Crippen LogP contribution in [0.3, 0.4) is 0 Å². The summed E-state index contributed by atoms with van der Waals surface area (Å²) in [5.74, 6) is 1.85. The molecule has 0 bridgehead atoms. The van der Waals surface area contributed by atoms with Crippen LogP contribution in [-0.4, -0.2) is 23.0 Å². The van der Waals surface area contributed by atoms with Gasteiger partial charge >= 0.3 is 0 Å². The minimum Gasteiger partial charge on any atom is -0.298 e. The van der Waals surface area contributed by atoms with Crippen molar-refractivity contribution in [2.75, 3.05) is 13.1 Å². The molecule has 2 aliphatic rings. The molecule has 2 heterocycles. The number of halogens is 2. The highest BCUT2D eigenvalue weighted by Crippen LogP contribution is 2.38. The zero-order valence-electron chi connectivity index (χ0n) is 9.70. The maximum atomic E-state index is 6.18. The number of aromatic nitrogens is 1. The summed E-state index contributed by atoms with van der Waals surface area (Å²) in [6.07, 6.45) is 6.05. The van der Waals surface area contributed by atoms with Crippen molar-refractivity contribution in [3.63, 3.8) is 0 Å². The molecule has 2 atom stereocenters. The number of nitrogens with zero attached hydrogens (tertiary/aromatic N) is 2. The predicted molar refractivity (Wildman–Crippen MR) is 70.4 cm³/mol. The molecule has 0 spiro atoms. The van der Waals surface area contributed by atoms with Gasteiger partial charge in [0.1, 0.15) is 5.15 Å². The summed E-state index contributed by atoms with van der Waals surface area (Å²) in [6.45, 7) is 3.36. The molecule has 1 aliphatic carbocycles. The van der Waals surface area contributed by atoms with Crippen molar-refractivity contribution in [1.82, 2.24) is 9.88 Å². The van der Waals surface area contributed by atoms with Gasteiger partial charge < -0.3 is 0 Å². The molecule has 0 N–H and O–H groups in total. The summed E-state index contributed by atoms with van der Waals surface area (Å²) in [5.41, 5.74) is 1.09. The number of rotatable bonds is 2. The van der Waals surface area contributed by atoms with E-state index < -0.39 is 0 Å². The van der Waals surface area contributed by atoms with Crippen LogP contribution in [0, 0.1) is 11.8 Å². The topological polar surface area (TPSA) is 16.1 Å². The van der Waals surface area contributed by atoms with Crippen LogP contribution in [0.2, 0.25) is 10.2 Å². The Bertz CT molecular complexity index is 410. The Morgan fingerprint density at radius 3 is 2.59 bits per heavy atom. The number of hydrogen-bond acceptors (Lipinski definition) is 2. The fourth-order valence-electron chi connectivity index (χ4n) is 3.25. The predicted octanol–water partition coefficient (Wildman–Crippen LogP) is 3.62. The third-order valence-corrected chi connectivity index (χ3v) is 4.65. The molecule has 2 nitrogen and oxygen atoms in total. The first kappa shape index (κ1) is 11.8. The van der Waals surface area contributed by atoms with Gasteiger partial charge in [0.05, 0.1) is 0 Å². The SMILES string of the molecule is Clc1cc(Cl)c(CN2CC3CCCC3C2)cn1. The smallest absolute Gasteiger partial charge is 0.130 e. The van der Waals surface area contributed by atoms with Crippen molar-refractivity contribution >= 4 is 23.2 Å². The molecular formula is C13H16Cl2N2. The molecule has 3 rings (SSSR count). The Hall–Kier alpha value is -0.310. The first-order valence-electron chi connectivity index (χ1n) is 6.24. The van der Waals surface area contributed by atoms with E-state index in [2.05, 4.69) is 9.88 Å². The highest BCUT2D eigenvalue weighted by atomic mass is 35.5. The van der Waals surface area contributed by atoms with Crippen LogP contribution in [-0.2, 0) is 6.54 Å². The molecule has 1 aromatic rings. The second kappa shape index (κ2) is 4.75. The molecule has 0 amide bonds. The molecular weight excluding hydrogens is 255 g/mol. The van der Waals surface area contributed by atoms with Gasteiger partial charge in [-0.25, -0.2) is 4.98 Å². The Kier molecular flexibility index (Phi) is 3.29. The summed E-state index contributed by atoms with van der Waals surface area (Å²) >= 11 is 12.0. The molecule has 2 unspecified atom stereocenters. The largest absolute Gasteiger partial charge is 0.298 e. The molecule has 17 heavy (non-hydrogen) atoms. The zero-order valence-corrected chi connectivity index (χ0v) is 11.2. The number of hydrogen-bond donors (Lipinski definition) is 0. The zero-order chi connectivity index (χ0) is 11.8. The van der Waals surface area contributed by atoms with E-state index in [0.717, 1.165) is 29.0 Å². The standard InChI is InChI=1S/C13H16Cl2N2/c14-12-4-13(15)16-5-11(12)8-17-6-9-2-1-3-10(9)7-17/h4-5,9-10H,1-3,6-8H2. The van der Waals surface area contributed by atoms with Gasteiger partial charge in [-0.3, -0.25) is 4.90 Å².